The summed E-state index contributed by atoms with van der Waals surface area (Å²) < 4.78 is 5.67. The SMILES string of the molecule is O=C(N[C@@H]1CCC[C@@H]2OCC[C@H]21)c1ccc(O)c([N+](=O)[O-])c1. The molecule has 1 amide bonds. The molecule has 0 spiro atoms. The van der Waals surface area contributed by atoms with Crippen LogP contribution in [0.2, 0.25) is 0 Å². The van der Waals surface area contributed by atoms with Gasteiger partial charge in [0, 0.05) is 30.2 Å². The normalized spacial score (nSPS) is 27.2. The zero-order chi connectivity index (χ0) is 15.7. The topological polar surface area (TPSA) is 102 Å². The van der Waals surface area contributed by atoms with Gasteiger partial charge in [-0.3, -0.25) is 14.9 Å². The van der Waals surface area contributed by atoms with E-state index in [1.807, 2.05) is 0 Å². The highest BCUT2D eigenvalue weighted by atomic mass is 16.6. The van der Waals surface area contributed by atoms with Crippen LogP contribution in [-0.2, 0) is 4.74 Å². The molecule has 0 radical (unpaired) electrons. The second-order valence-electron chi connectivity index (χ2n) is 5.83. The average Bonchev–Trinajstić information content (AvgIpc) is 2.97. The van der Waals surface area contributed by atoms with Crippen molar-refractivity contribution in [3.63, 3.8) is 0 Å². The van der Waals surface area contributed by atoms with Crippen molar-refractivity contribution in [3.05, 3.63) is 33.9 Å². The maximum Gasteiger partial charge on any atom is 0.311 e. The monoisotopic (exact) mass is 306 g/mol. The van der Waals surface area contributed by atoms with Crippen molar-refractivity contribution in [3.8, 4) is 5.75 Å². The van der Waals surface area contributed by atoms with Gasteiger partial charge in [-0.2, -0.15) is 0 Å². The molecule has 1 saturated heterocycles. The first-order valence-corrected chi connectivity index (χ1v) is 7.46. The molecular formula is C15H18N2O5. The molecule has 1 aliphatic carbocycles. The van der Waals surface area contributed by atoms with Crippen molar-refractivity contribution in [2.24, 2.45) is 5.92 Å². The molecule has 3 atom stereocenters. The van der Waals surface area contributed by atoms with E-state index in [1.54, 1.807) is 0 Å². The van der Waals surface area contributed by atoms with Gasteiger partial charge in [0.1, 0.15) is 0 Å². The number of nitro groups is 1. The van der Waals surface area contributed by atoms with Crippen LogP contribution in [0.15, 0.2) is 18.2 Å². The second kappa shape index (κ2) is 5.92. The Hall–Kier alpha value is -2.15. The van der Waals surface area contributed by atoms with Gasteiger partial charge in [0.2, 0.25) is 0 Å². The predicted octanol–water partition coefficient (Wildman–Crippen LogP) is 1.99. The number of carbonyl (C=O) groups excluding carboxylic acids is 1. The summed E-state index contributed by atoms with van der Waals surface area (Å²) in [5.74, 6) is -0.464. The fraction of sp³-hybridized carbons (Fsp3) is 0.533. The third-order valence-electron chi connectivity index (χ3n) is 4.53. The van der Waals surface area contributed by atoms with Crippen LogP contribution in [0.25, 0.3) is 0 Å². The predicted molar refractivity (Wildman–Crippen MR) is 77.7 cm³/mol. The fourth-order valence-corrected chi connectivity index (χ4v) is 3.42. The molecule has 1 aliphatic heterocycles. The van der Waals surface area contributed by atoms with Crippen LogP contribution >= 0.6 is 0 Å². The smallest absolute Gasteiger partial charge is 0.311 e. The molecular weight excluding hydrogens is 288 g/mol. The van der Waals surface area contributed by atoms with Crippen LogP contribution in [0, 0.1) is 16.0 Å². The van der Waals surface area contributed by atoms with Gasteiger partial charge in [-0.05, 0) is 37.8 Å². The molecule has 0 bridgehead atoms. The summed E-state index contributed by atoms with van der Waals surface area (Å²) in [4.78, 5) is 22.5. The number of nitrogens with one attached hydrogen (secondary N) is 1. The Morgan fingerprint density at radius 1 is 1.36 bits per heavy atom. The minimum atomic E-state index is -0.701. The Labute approximate surface area is 127 Å². The highest BCUT2D eigenvalue weighted by Gasteiger charge is 2.38. The maximum absolute atomic E-state index is 12.3. The first-order valence-electron chi connectivity index (χ1n) is 7.46. The standard InChI is InChI=1S/C15H18N2O5/c18-13-5-4-9(8-12(13)17(20)21)15(19)16-11-2-1-3-14-10(11)6-7-22-14/h4-5,8,10-11,14,18H,1-3,6-7H2,(H,16,19)/t10-,11+,14-/m0/s1. The average molecular weight is 306 g/mol. The quantitative estimate of drug-likeness (QED) is 0.657. The first-order chi connectivity index (χ1) is 10.6. The molecule has 0 unspecified atom stereocenters. The van der Waals surface area contributed by atoms with Crippen LogP contribution in [0.3, 0.4) is 0 Å². The van der Waals surface area contributed by atoms with Gasteiger partial charge in [0.05, 0.1) is 11.0 Å². The summed E-state index contributed by atoms with van der Waals surface area (Å²) >= 11 is 0. The van der Waals surface area contributed by atoms with Crippen LogP contribution in [0.1, 0.15) is 36.0 Å². The van der Waals surface area contributed by atoms with Gasteiger partial charge in [-0.25, -0.2) is 0 Å². The lowest BCUT2D eigenvalue weighted by molar-refractivity contribution is -0.385. The van der Waals surface area contributed by atoms with Gasteiger partial charge in [-0.1, -0.05) is 0 Å². The van der Waals surface area contributed by atoms with E-state index < -0.39 is 16.4 Å². The number of phenolic OH excluding ortho intramolecular Hbond substituents is 1. The Kier molecular flexibility index (Phi) is 3.98. The lowest BCUT2D eigenvalue weighted by Crippen LogP contribution is -2.45. The molecule has 22 heavy (non-hydrogen) atoms. The van der Waals surface area contributed by atoms with E-state index in [9.17, 15) is 20.0 Å². The number of hydrogen-bond acceptors (Lipinski definition) is 5. The molecule has 0 aromatic heterocycles. The summed E-state index contributed by atoms with van der Waals surface area (Å²) in [6.07, 6.45) is 4.08. The number of phenols is 1. The van der Waals surface area contributed by atoms with Crippen molar-refractivity contribution in [1.82, 2.24) is 5.32 Å². The summed E-state index contributed by atoms with van der Waals surface area (Å²) in [6.45, 7) is 0.729. The molecule has 1 aromatic carbocycles. The molecule has 3 rings (SSSR count). The molecule has 1 aromatic rings. The van der Waals surface area contributed by atoms with Crippen LogP contribution in [-0.4, -0.2) is 34.7 Å². The lowest BCUT2D eigenvalue weighted by atomic mass is 9.81. The Balaban J connectivity index is 1.74. The molecule has 1 saturated carbocycles. The first kappa shape index (κ1) is 14.8. The number of carbonyl (C=O) groups is 1. The van der Waals surface area contributed by atoms with Gasteiger partial charge in [0.15, 0.2) is 5.75 Å². The van der Waals surface area contributed by atoms with Crippen LogP contribution in [0.4, 0.5) is 5.69 Å². The summed E-state index contributed by atoms with van der Waals surface area (Å²) in [6, 6.07) is 3.72. The molecule has 2 N–H and O–H groups in total. The van der Waals surface area contributed by atoms with Gasteiger partial charge in [-0.15, -0.1) is 0 Å². The van der Waals surface area contributed by atoms with E-state index in [1.165, 1.54) is 12.1 Å². The molecule has 118 valence electrons. The van der Waals surface area contributed by atoms with Crippen molar-refractivity contribution in [2.75, 3.05) is 6.61 Å². The summed E-state index contributed by atoms with van der Waals surface area (Å²) in [5.41, 5.74) is -0.274. The number of aromatic hydroxyl groups is 1. The molecule has 7 nitrogen and oxygen atoms in total. The Bertz CT molecular complexity index is 604. The maximum atomic E-state index is 12.3. The van der Waals surface area contributed by atoms with E-state index in [2.05, 4.69) is 5.32 Å². The Morgan fingerprint density at radius 3 is 2.95 bits per heavy atom. The summed E-state index contributed by atoms with van der Waals surface area (Å²) in [7, 11) is 0. The van der Waals surface area contributed by atoms with Gasteiger partial charge in [0.25, 0.3) is 5.91 Å². The van der Waals surface area contributed by atoms with Crippen molar-refractivity contribution in [1.29, 1.82) is 0 Å². The number of nitro benzene ring substituents is 1. The minimum absolute atomic E-state index is 0.0432. The minimum Gasteiger partial charge on any atom is -0.502 e. The van der Waals surface area contributed by atoms with Crippen molar-refractivity contribution in [2.45, 2.75) is 37.8 Å². The molecule has 7 heteroatoms. The number of ether oxygens (including phenoxy) is 1. The van der Waals surface area contributed by atoms with Crippen molar-refractivity contribution < 1.29 is 19.6 Å². The third kappa shape index (κ3) is 2.76. The zero-order valence-electron chi connectivity index (χ0n) is 12.0. The van der Waals surface area contributed by atoms with Crippen LogP contribution in [0.5, 0.6) is 5.75 Å². The largest absolute Gasteiger partial charge is 0.502 e. The van der Waals surface area contributed by atoms with Crippen molar-refractivity contribution >= 4 is 11.6 Å². The number of hydrogen-bond donors (Lipinski definition) is 2. The Morgan fingerprint density at radius 2 is 2.18 bits per heavy atom. The third-order valence-corrected chi connectivity index (χ3v) is 4.53. The number of rotatable bonds is 3. The second-order valence-corrected chi connectivity index (χ2v) is 5.83. The van der Waals surface area contributed by atoms with E-state index in [0.717, 1.165) is 38.4 Å². The van der Waals surface area contributed by atoms with E-state index in [-0.39, 0.29) is 23.6 Å². The van der Waals surface area contributed by atoms with Gasteiger partial charge >= 0.3 is 5.69 Å². The summed E-state index contributed by atoms with van der Waals surface area (Å²) in [5, 5.41) is 23.2. The zero-order valence-corrected chi connectivity index (χ0v) is 12.0. The molecule has 1 heterocycles. The number of amides is 1. The highest BCUT2D eigenvalue weighted by Crippen LogP contribution is 2.34. The molecule has 2 fully saturated rings. The van der Waals surface area contributed by atoms with E-state index in [0.29, 0.717) is 5.92 Å². The van der Waals surface area contributed by atoms with E-state index in [4.69, 9.17) is 4.74 Å². The van der Waals surface area contributed by atoms with Crippen LogP contribution < -0.4 is 5.32 Å². The number of benzene rings is 1. The fourth-order valence-electron chi connectivity index (χ4n) is 3.42. The highest BCUT2D eigenvalue weighted by molar-refractivity contribution is 5.95. The van der Waals surface area contributed by atoms with Gasteiger partial charge < -0.3 is 15.2 Å². The van der Waals surface area contributed by atoms with E-state index >= 15 is 0 Å². The lowest BCUT2D eigenvalue weighted by Gasteiger charge is -2.33. The number of fused-ring (bicyclic) bond motifs is 1. The number of nitrogens with zero attached hydrogens (tertiary/aromatic N) is 1. The molecule has 2 aliphatic rings.